The molecule has 0 aliphatic heterocycles. The van der Waals surface area contributed by atoms with Gasteiger partial charge in [-0.1, -0.05) is 0 Å². The molecular weight excluding hydrogens is 238 g/mol. The van der Waals surface area contributed by atoms with Crippen LogP contribution in [0.5, 0.6) is 0 Å². The molecule has 1 aromatic heterocycles. The summed E-state index contributed by atoms with van der Waals surface area (Å²) < 4.78 is 0. The maximum Gasteiger partial charge on any atom is 0.251 e. The lowest BCUT2D eigenvalue weighted by molar-refractivity contribution is 0.0951. The van der Waals surface area contributed by atoms with Gasteiger partial charge in [0.15, 0.2) is 0 Å². The first-order chi connectivity index (χ1) is 9.16. The van der Waals surface area contributed by atoms with Gasteiger partial charge < -0.3 is 10.2 Å². The van der Waals surface area contributed by atoms with Crippen LogP contribution in [0.2, 0.25) is 0 Å². The van der Waals surface area contributed by atoms with Crippen LogP contribution >= 0.6 is 0 Å². The molecule has 1 N–H and O–H groups in total. The summed E-state index contributed by atoms with van der Waals surface area (Å²) in [6, 6.07) is 11.3. The third-order valence-corrected chi connectivity index (χ3v) is 2.85. The number of hydrogen-bond acceptors (Lipinski definition) is 3. The number of amides is 1. The minimum absolute atomic E-state index is 0.0675. The normalized spacial score (nSPS) is 10.0. The van der Waals surface area contributed by atoms with Crippen LogP contribution in [0.3, 0.4) is 0 Å². The van der Waals surface area contributed by atoms with Crippen LogP contribution in [0.4, 0.5) is 5.69 Å². The average Bonchev–Trinajstić information content (AvgIpc) is 2.46. The number of rotatable bonds is 4. The van der Waals surface area contributed by atoms with Gasteiger partial charge in [-0.3, -0.25) is 9.78 Å². The zero-order chi connectivity index (χ0) is 13.7. The van der Waals surface area contributed by atoms with Crippen molar-refractivity contribution >= 4 is 11.6 Å². The SMILES string of the molecule is CN(C)c1ccc(C(=O)NCc2ccncc2)cc1. The van der Waals surface area contributed by atoms with Crippen molar-refractivity contribution in [3.05, 3.63) is 59.9 Å². The number of anilines is 1. The summed E-state index contributed by atoms with van der Waals surface area (Å²) in [5.41, 5.74) is 2.78. The molecule has 2 aromatic rings. The van der Waals surface area contributed by atoms with Gasteiger partial charge in [0, 0.05) is 44.3 Å². The predicted octanol–water partition coefficient (Wildman–Crippen LogP) is 2.08. The van der Waals surface area contributed by atoms with E-state index in [0.717, 1.165) is 11.3 Å². The van der Waals surface area contributed by atoms with Crippen molar-refractivity contribution in [3.8, 4) is 0 Å². The molecule has 0 bridgehead atoms. The van der Waals surface area contributed by atoms with E-state index in [2.05, 4.69) is 10.3 Å². The second kappa shape index (κ2) is 6.00. The van der Waals surface area contributed by atoms with Crippen LogP contribution in [0.15, 0.2) is 48.8 Å². The Labute approximate surface area is 113 Å². The van der Waals surface area contributed by atoms with Gasteiger partial charge in [-0.05, 0) is 42.0 Å². The fourth-order valence-electron chi connectivity index (χ4n) is 1.70. The summed E-state index contributed by atoms with van der Waals surface area (Å²) in [6.45, 7) is 0.511. The van der Waals surface area contributed by atoms with E-state index in [1.165, 1.54) is 0 Å². The molecule has 0 radical (unpaired) electrons. The lowest BCUT2D eigenvalue weighted by Gasteiger charge is -2.12. The first-order valence-corrected chi connectivity index (χ1v) is 6.11. The number of nitrogens with one attached hydrogen (secondary N) is 1. The first-order valence-electron chi connectivity index (χ1n) is 6.11. The number of aromatic nitrogens is 1. The van der Waals surface area contributed by atoms with Crippen molar-refractivity contribution in [1.29, 1.82) is 0 Å². The molecule has 0 saturated heterocycles. The maximum absolute atomic E-state index is 12.0. The first kappa shape index (κ1) is 13.1. The smallest absolute Gasteiger partial charge is 0.251 e. The molecule has 4 nitrogen and oxygen atoms in total. The van der Waals surface area contributed by atoms with Crippen molar-refractivity contribution in [3.63, 3.8) is 0 Å². The minimum Gasteiger partial charge on any atom is -0.378 e. The lowest BCUT2D eigenvalue weighted by atomic mass is 10.2. The van der Waals surface area contributed by atoms with Gasteiger partial charge in [0.25, 0.3) is 5.91 Å². The maximum atomic E-state index is 12.0. The van der Waals surface area contributed by atoms with Crippen molar-refractivity contribution in [1.82, 2.24) is 10.3 Å². The zero-order valence-corrected chi connectivity index (χ0v) is 11.1. The second-order valence-electron chi connectivity index (χ2n) is 4.48. The van der Waals surface area contributed by atoms with Crippen LogP contribution in [-0.2, 0) is 6.54 Å². The quantitative estimate of drug-likeness (QED) is 0.909. The Hall–Kier alpha value is -2.36. The third-order valence-electron chi connectivity index (χ3n) is 2.85. The van der Waals surface area contributed by atoms with Crippen molar-refractivity contribution in [2.75, 3.05) is 19.0 Å². The molecule has 1 aromatic carbocycles. The van der Waals surface area contributed by atoms with E-state index in [9.17, 15) is 4.79 Å². The molecule has 98 valence electrons. The molecule has 1 amide bonds. The van der Waals surface area contributed by atoms with Gasteiger partial charge in [0.2, 0.25) is 0 Å². The van der Waals surface area contributed by atoms with Crippen LogP contribution in [0.25, 0.3) is 0 Å². The van der Waals surface area contributed by atoms with E-state index in [1.807, 2.05) is 55.4 Å². The Morgan fingerprint density at radius 1 is 1.11 bits per heavy atom. The Balaban J connectivity index is 1.96. The fraction of sp³-hybridized carbons (Fsp3) is 0.200. The van der Waals surface area contributed by atoms with Crippen LogP contribution in [-0.4, -0.2) is 25.0 Å². The van der Waals surface area contributed by atoms with Crippen molar-refractivity contribution in [2.24, 2.45) is 0 Å². The summed E-state index contributed by atoms with van der Waals surface area (Å²) in [5, 5.41) is 2.88. The highest BCUT2D eigenvalue weighted by Gasteiger charge is 2.05. The summed E-state index contributed by atoms with van der Waals surface area (Å²) >= 11 is 0. The van der Waals surface area contributed by atoms with E-state index in [1.54, 1.807) is 12.4 Å². The third kappa shape index (κ3) is 3.55. The molecule has 0 fully saturated rings. The van der Waals surface area contributed by atoms with Gasteiger partial charge >= 0.3 is 0 Å². The van der Waals surface area contributed by atoms with E-state index in [-0.39, 0.29) is 5.91 Å². The highest BCUT2D eigenvalue weighted by atomic mass is 16.1. The molecule has 1 heterocycles. The van der Waals surface area contributed by atoms with E-state index in [4.69, 9.17) is 0 Å². The van der Waals surface area contributed by atoms with Gasteiger partial charge in [-0.2, -0.15) is 0 Å². The Bertz CT molecular complexity index is 535. The number of carbonyl (C=O) groups excluding carboxylic acids is 1. The highest BCUT2D eigenvalue weighted by Crippen LogP contribution is 2.12. The van der Waals surface area contributed by atoms with Gasteiger partial charge in [0.05, 0.1) is 0 Å². The molecular formula is C15H17N3O. The second-order valence-corrected chi connectivity index (χ2v) is 4.48. The number of pyridine rings is 1. The zero-order valence-electron chi connectivity index (χ0n) is 11.1. The summed E-state index contributed by atoms with van der Waals surface area (Å²) in [6.07, 6.45) is 3.43. The molecule has 0 spiro atoms. The van der Waals surface area contributed by atoms with E-state index in [0.29, 0.717) is 12.1 Å². The molecule has 0 aliphatic rings. The van der Waals surface area contributed by atoms with Crippen LogP contribution < -0.4 is 10.2 Å². The predicted molar refractivity (Wildman–Crippen MR) is 76.2 cm³/mol. The molecule has 0 unspecified atom stereocenters. The van der Waals surface area contributed by atoms with Gasteiger partial charge in [-0.15, -0.1) is 0 Å². The Kier molecular flexibility index (Phi) is 4.13. The molecule has 0 atom stereocenters. The van der Waals surface area contributed by atoms with Crippen molar-refractivity contribution < 1.29 is 4.79 Å². The minimum atomic E-state index is -0.0675. The topological polar surface area (TPSA) is 45.2 Å². The fourth-order valence-corrected chi connectivity index (χ4v) is 1.70. The largest absolute Gasteiger partial charge is 0.378 e. The number of benzene rings is 1. The monoisotopic (exact) mass is 255 g/mol. The summed E-state index contributed by atoms with van der Waals surface area (Å²) in [5.74, 6) is -0.0675. The Morgan fingerprint density at radius 2 is 1.74 bits per heavy atom. The van der Waals surface area contributed by atoms with Crippen LogP contribution in [0, 0.1) is 0 Å². The molecule has 2 rings (SSSR count). The molecule has 0 saturated carbocycles. The number of hydrogen-bond donors (Lipinski definition) is 1. The Morgan fingerprint density at radius 3 is 2.32 bits per heavy atom. The van der Waals surface area contributed by atoms with Crippen molar-refractivity contribution in [2.45, 2.75) is 6.54 Å². The van der Waals surface area contributed by atoms with Crippen LogP contribution in [0.1, 0.15) is 15.9 Å². The van der Waals surface area contributed by atoms with E-state index < -0.39 is 0 Å². The summed E-state index contributed by atoms with van der Waals surface area (Å²) in [7, 11) is 3.94. The number of carbonyl (C=O) groups is 1. The molecule has 19 heavy (non-hydrogen) atoms. The molecule has 0 aliphatic carbocycles. The number of nitrogens with zero attached hydrogens (tertiary/aromatic N) is 2. The average molecular weight is 255 g/mol. The highest BCUT2D eigenvalue weighted by molar-refractivity contribution is 5.94. The van der Waals surface area contributed by atoms with Gasteiger partial charge in [-0.25, -0.2) is 0 Å². The lowest BCUT2D eigenvalue weighted by Crippen LogP contribution is -2.22. The van der Waals surface area contributed by atoms with E-state index >= 15 is 0 Å². The standard InChI is InChI=1S/C15H17N3O/c1-18(2)14-5-3-13(4-6-14)15(19)17-11-12-7-9-16-10-8-12/h3-10H,11H2,1-2H3,(H,17,19). The molecule has 4 heteroatoms. The van der Waals surface area contributed by atoms with Gasteiger partial charge in [0.1, 0.15) is 0 Å². The summed E-state index contributed by atoms with van der Waals surface area (Å²) in [4.78, 5) is 17.9.